The average Bonchev–Trinajstić information content (AvgIpc) is 3.36. The van der Waals surface area contributed by atoms with Crippen molar-refractivity contribution in [2.24, 2.45) is 0 Å². The summed E-state index contributed by atoms with van der Waals surface area (Å²) in [4.78, 5) is 10.0. The van der Waals surface area contributed by atoms with Crippen LogP contribution in [0.15, 0.2) is 115 Å². The SMILES string of the molecule is Cc1cc(C)c(O)c(-c2cc(-c3ccccc3)cc(-n3c4ccccc4c4ccc(-c5cc(C(C)(C)C)ccn5)cc43)n2)c1. The number of fused-ring (bicyclic) bond motifs is 3. The number of aromatic nitrogens is 3. The lowest BCUT2D eigenvalue weighted by atomic mass is 9.87. The monoisotopic (exact) mass is 573 g/mol. The molecule has 7 aromatic rings. The minimum Gasteiger partial charge on any atom is -0.507 e. The average molecular weight is 574 g/mol. The number of aryl methyl sites for hydroxylation is 2. The van der Waals surface area contributed by atoms with E-state index in [4.69, 9.17) is 9.97 Å². The molecule has 3 aromatic heterocycles. The second kappa shape index (κ2) is 10.5. The van der Waals surface area contributed by atoms with Gasteiger partial charge in [0.15, 0.2) is 0 Å². The van der Waals surface area contributed by atoms with Crippen molar-refractivity contribution in [3.05, 3.63) is 132 Å². The Kier molecular flexibility index (Phi) is 6.58. The molecule has 0 amide bonds. The molecule has 0 atom stereocenters. The number of pyridine rings is 2. The lowest BCUT2D eigenvalue weighted by Crippen LogP contribution is -2.11. The number of hydrogen-bond acceptors (Lipinski definition) is 3. The molecule has 216 valence electrons. The number of phenols is 1. The summed E-state index contributed by atoms with van der Waals surface area (Å²) in [6, 6.07) is 38.0. The van der Waals surface area contributed by atoms with Crippen molar-refractivity contribution in [2.75, 3.05) is 0 Å². The Balaban J connectivity index is 1.53. The Labute approximate surface area is 258 Å². The maximum atomic E-state index is 11.2. The first-order chi connectivity index (χ1) is 21.2. The predicted molar refractivity (Wildman–Crippen MR) is 183 cm³/mol. The summed E-state index contributed by atoms with van der Waals surface area (Å²) in [5, 5.41) is 13.5. The summed E-state index contributed by atoms with van der Waals surface area (Å²) in [6.45, 7) is 10.7. The molecule has 0 aliphatic carbocycles. The van der Waals surface area contributed by atoms with E-state index in [1.807, 2.05) is 31.3 Å². The van der Waals surface area contributed by atoms with Gasteiger partial charge in [-0.15, -0.1) is 0 Å². The van der Waals surface area contributed by atoms with Gasteiger partial charge in [-0.2, -0.15) is 0 Å². The quantitative estimate of drug-likeness (QED) is 0.228. The highest BCUT2D eigenvalue weighted by atomic mass is 16.3. The first-order valence-corrected chi connectivity index (χ1v) is 15.1. The van der Waals surface area contributed by atoms with Crippen LogP contribution in [0.4, 0.5) is 0 Å². The highest BCUT2D eigenvalue weighted by Crippen LogP contribution is 2.39. The molecule has 0 aliphatic heterocycles. The van der Waals surface area contributed by atoms with Gasteiger partial charge in [0, 0.05) is 28.1 Å². The molecule has 0 unspecified atom stereocenters. The first kappa shape index (κ1) is 27.6. The number of phenolic OH excluding ortho intramolecular Hbond substituents is 1. The second-order valence-corrected chi connectivity index (χ2v) is 12.7. The van der Waals surface area contributed by atoms with Gasteiger partial charge < -0.3 is 5.11 Å². The minimum atomic E-state index is 0.0224. The van der Waals surface area contributed by atoms with E-state index in [1.165, 1.54) is 5.56 Å². The summed E-state index contributed by atoms with van der Waals surface area (Å²) in [5.74, 6) is 1.05. The van der Waals surface area contributed by atoms with Gasteiger partial charge in [0.1, 0.15) is 11.6 Å². The Hall–Kier alpha value is -5.22. The normalized spacial score (nSPS) is 11.8. The van der Waals surface area contributed by atoms with E-state index in [1.54, 1.807) is 0 Å². The van der Waals surface area contributed by atoms with E-state index in [-0.39, 0.29) is 11.2 Å². The highest BCUT2D eigenvalue weighted by molar-refractivity contribution is 6.10. The largest absolute Gasteiger partial charge is 0.507 e. The van der Waals surface area contributed by atoms with Gasteiger partial charge in [-0.05, 0) is 89.5 Å². The summed E-state index contributed by atoms with van der Waals surface area (Å²) < 4.78 is 2.25. The summed E-state index contributed by atoms with van der Waals surface area (Å²) in [6.07, 6.45) is 1.91. The lowest BCUT2D eigenvalue weighted by Gasteiger charge is -2.19. The van der Waals surface area contributed by atoms with Crippen molar-refractivity contribution < 1.29 is 5.11 Å². The predicted octanol–water partition coefficient (Wildman–Crippen LogP) is 10.2. The van der Waals surface area contributed by atoms with Crippen LogP contribution in [0.25, 0.3) is 61.3 Å². The Morgan fingerprint density at radius 3 is 2.18 bits per heavy atom. The third kappa shape index (κ3) is 4.83. The van der Waals surface area contributed by atoms with Crippen molar-refractivity contribution in [3.8, 4) is 45.2 Å². The molecule has 0 saturated carbocycles. The number of nitrogens with zero attached hydrogens (tertiary/aromatic N) is 3. The Morgan fingerprint density at radius 2 is 1.39 bits per heavy atom. The lowest BCUT2D eigenvalue weighted by molar-refractivity contribution is 0.473. The van der Waals surface area contributed by atoms with Crippen LogP contribution in [-0.2, 0) is 5.41 Å². The van der Waals surface area contributed by atoms with Crippen LogP contribution in [0, 0.1) is 13.8 Å². The van der Waals surface area contributed by atoms with Crippen LogP contribution >= 0.6 is 0 Å². The molecule has 0 spiro atoms. The molecule has 3 heterocycles. The maximum Gasteiger partial charge on any atom is 0.138 e. The van der Waals surface area contributed by atoms with Crippen LogP contribution in [0.3, 0.4) is 0 Å². The van der Waals surface area contributed by atoms with E-state index >= 15 is 0 Å². The molecule has 4 heteroatoms. The van der Waals surface area contributed by atoms with E-state index in [0.29, 0.717) is 0 Å². The van der Waals surface area contributed by atoms with Gasteiger partial charge in [0.05, 0.1) is 22.4 Å². The molecule has 0 radical (unpaired) electrons. The van der Waals surface area contributed by atoms with Gasteiger partial charge in [-0.3, -0.25) is 9.55 Å². The molecule has 0 fully saturated rings. The minimum absolute atomic E-state index is 0.0224. The summed E-state index contributed by atoms with van der Waals surface area (Å²) >= 11 is 0. The van der Waals surface area contributed by atoms with Crippen molar-refractivity contribution in [2.45, 2.75) is 40.0 Å². The fourth-order valence-electron chi connectivity index (χ4n) is 6.15. The van der Waals surface area contributed by atoms with Gasteiger partial charge in [0.25, 0.3) is 0 Å². The van der Waals surface area contributed by atoms with Crippen molar-refractivity contribution in [1.29, 1.82) is 0 Å². The second-order valence-electron chi connectivity index (χ2n) is 12.7. The molecule has 0 saturated heterocycles. The Morgan fingerprint density at radius 1 is 0.636 bits per heavy atom. The molecule has 0 bridgehead atoms. The molecule has 7 rings (SSSR count). The van der Waals surface area contributed by atoms with Crippen LogP contribution in [-0.4, -0.2) is 19.6 Å². The van der Waals surface area contributed by atoms with Crippen LogP contribution in [0.5, 0.6) is 5.75 Å². The van der Waals surface area contributed by atoms with Crippen molar-refractivity contribution >= 4 is 21.8 Å². The molecule has 44 heavy (non-hydrogen) atoms. The van der Waals surface area contributed by atoms with Gasteiger partial charge in [-0.25, -0.2) is 4.98 Å². The van der Waals surface area contributed by atoms with Crippen molar-refractivity contribution in [1.82, 2.24) is 14.5 Å². The smallest absolute Gasteiger partial charge is 0.138 e. The third-order valence-electron chi connectivity index (χ3n) is 8.46. The number of benzene rings is 4. The van der Waals surface area contributed by atoms with Gasteiger partial charge in [-0.1, -0.05) is 87.5 Å². The van der Waals surface area contributed by atoms with E-state index < -0.39 is 0 Å². The van der Waals surface area contributed by atoms with Gasteiger partial charge in [0.2, 0.25) is 0 Å². The summed E-state index contributed by atoms with van der Waals surface area (Å²) in [5.41, 5.74) is 10.9. The fourth-order valence-corrected chi connectivity index (χ4v) is 6.15. The molecule has 0 aliphatic rings. The van der Waals surface area contributed by atoms with Gasteiger partial charge >= 0.3 is 0 Å². The zero-order valence-electron chi connectivity index (χ0n) is 25.8. The third-order valence-corrected chi connectivity index (χ3v) is 8.46. The van der Waals surface area contributed by atoms with E-state index in [2.05, 4.69) is 123 Å². The number of aromatic hydroxyl groups is 1. The molecular weight excluding hydrogens is 538 g/mol. The van der Waals surface area contributed by atoms with Crippen LogP contribution < -0.4 is 0 Å². The molecular formula is C40H35N3O. The molecule has 4 nitrogen and oxygen atoms in total. The highest BCUT2D eigenvalue weighted by Gasteiger charge is 2.19. The number of rotatable bonds is 4. The van der Waals surface area contributed by atoms with Crippen LogP contribution in [0.1, 0.15) is 37.5 Å². The topological polar surface area (TPSA) is 50.9 Å². The van der Waals surface area contributed by atoms with E-state index in [9.17, 15) is 5.11 Å². The zero-order valence-corrected chi connectivity index (χ0v) is 25.8. The first-order valence-electron chi connectivity index (χ1n) is 15.1. The van der Waals surface area contributed by atoms with Crippen LogP contribution in [0.2, 0.25) is 0 Å². The zero-order chi connectivity index (χ0) is 30.6. The maximum absolute atomic E-state index is 11.2. The van der Waals surface area contributed by atoms with E-state index in [0.717, 1.165) is 72.4 Å². The number of hydrogen-bond donors (Lipinski definition) is 1. The summed E-state index contributed by atoms with van der Waals surface area (Å²) in [7, 11) is 0. The molecule has 4 aromatic carbocycles. The fraction of sp³-hybridized carbons (Fsp3) is 0.150. The molecule has 1 N–H and O–H groups in total. The standard InChI is InChI=1S/C40H35N3O/c1-25-19-26(2)39(44)33(20-25)35-21-29(27-11-7-6-8-12-27)23-38(42-35)43-36-14-10-9-13-31(36)32-16-15-28(22-37(32)43)34-24-30(17-18-41-34)40(3,4)5/h6-24,44H,1-5H3. The Bertz CT molecular complexity index is 2190. The number of para-hydroxylation sites is 1. The van der Waals surface area contributed by atoms with Crippen molar-refractivity contribution in [3.63, 3.8) is 0 Å².